The molecule has 0 saturated carbocycles. The van der Waals surface area contributed by atoms with Gasteiger partial charge in [0.1, 0.15) is 0 Å². The normalized spacial score (nSPS) is 18.6. The second-order valence-corrected chi connectivity index (χ2v) is 8.60. The molecule has 0 atom stereocenters. The summed E-state index contributed by atoms with van der Waals surface area (Å²) in [6.45, 7) is 2.32. The van der Waals surface area contributed by atoms with Gasteiger partial charge in [-0.15, -0.1) is 0 Å². The van der Waals surface area contributed by atoms with E-state index in [1.807, 2.05) is 43.0 Å². The molecule has 1 aromatic rings. The molecule has 0 bridgehead atoms. The Hall–Kier alpha value is -0.560. The standard InChI is InChI=1S/C15H23NO3S2/c1-13-4-3-5-14(10-13)11-21(17,18)16-12-15(19-2)6-8-20-9-7-15/h3-5,10,16H,6-9,11-12H2,1-2H3. The molecule has 1 aliphatic heterocycles. The van der Waals surface area contributed by atoms with Crippen molar-refractivity contribution in [2.24, 2.45) is 0 Å². The van der Waals surface area contributed by atoms with Gasteiger partial charge in [0.2, 0.25) is 10.0 Å². The molecule has 6 heteroatoms. The average Bonchev–Trinajstić information content (AvgIpc) is 2.46. The Morgan fingerprint density at radius 3 is 2.67 bits per heavy atom. The quantitative estimate of drug-likeness (QED) is 0.870. The second kappa shape index (κ2) is 7.13. The van der Waals surface area contributed by atoms with E-state index >= 15 is 0 Å². The van der Waals surface area contributed by atoms with E-state index in [0.29, 0.717) is 6.54 Å². The zero-order chi connectivity index (χ0) is 15.3. The van der Waals surface area contributed by atoms with Gasteiger partial charge in [0, 0.05) is 13.7 Å². The van der Waals surface area contributed by atoms with Crippen LogP contribution in [0, 0.1) is 6.92 Å². The van der Waals surface area contributed by atoms with Gasteiger partial charge in [-0.2, -0.15) is 11.8 Å². The van der Waals surface area contributed by atoms with Gasteiger partial charge in [-0.3, -0.25) is 0 Å². The van der Waals surface area contributed by atoms with Gasteiger partial charge in [-0.1, -0.05) is 29.8 Å². The number of methoxy groups -OCH3 is 1. The van der Waals surface area contributed by atoms with Crippen molar-refractivity contribution < 1.29 is 13.2 Å². The molecule has 118 valence electrons. The van der Waals surface area contributed by atoms with Crippen LogP contribution in [-0.4, -0.2) is 39.2 Å². The molecule has 0 aromatic heterocycles. The molecule has 4 nitrogen and oxygen atoms in total. The lowest BCUT2D eigenvalue weighted by molar-refractivity contribution is -0.0119. The van der Waals surface area contributed by atoms with Gasteiger partial charge in [-0.25, -0.2) is 13.1 Å². The van der Waals surface area contributed by atoms with E-state index < -0.39 is 10.0 Å². The number of hydrogen-bond donors (Lipinski definition) is 1. The molecule has 0 aliphatic carbocycles. The maximum atomic E-state index is 12.2. The number of hydrogen-bond acceptors (Lipinski definition) is 4. The highest BCUT2D eigenvalue weighted by Gasteiger charge is 2.33. The van der Waals surface area contributed by atoms with Crippen molar-refractivity contribution in [2.45, 2.75) is 31.1 Å². The first-order chi connectivity index (χ1) is 9.95. The monoisotopic (exact) mass is 329 g/mol. The minimum atomic E-state index is -3.34. The molecule has 1 fully saturated rings. The molecular weight excluding hydrogens is 306 g/mol. The molecule has 0 unspecified atom stereocenters. The minimum Gasteiger partial charge on any atom is -0.377 e. The summed E-state index contributed by atoms with van der Waals surface area (Å²) in [4.78, 5) is 0. The van der Waals surface area contributed by atoms with Gasteiger partial charge in [0.05, 0.1) is 11.4 Å². The van der Waals surface area contributed by atoms with Gasteiger partial charge in [0.25, 0.3) is 0 Å². The Kier molecular flexibility index (Phi) is 5.71. The van der Waals surface area contributed by atoms with Crippen LogP contribution >= 0.6 is 11.8 Å². The lowest BCUT2D eigenvalue weighted by atomic mass is 9.97. The number of ether oxygens (including phenoxy) is 1. The third-order valence-electron chi connectivity index (χ3n) is 3.89. The Morgan fingerprint density at radius 1 is 1.33 bits per heavy atom. The summed E-state index contributed by atoms with van der Waals surface area (Å²) in [7, 11) is -1.66. The van der Waals surface area contributed by atoms with E-state index in [1.165, 1.54) is 0 Å². The predicted molar refractivity (Wildman–Crippen MR) is 88.1 cm³/mol. The summed E-state index contributed by atoms with van der Waals surface area (Å²) in [5, 5.41) is 0. The fourth-order valence-electron chi connectivity index (χ4n) is 2.51. The average molecular weight is 329 g/mol. The van der Waals surface area contributed by atoms with E-state index in [2.05, 4.69) is 4.72 Å². The van der Waals surface area contributed by atoms with Crippen molar-refractivity contribution in [1.29, 1.82) is 0 Å². The molecule has 0 spiro atoms. The Bertz CT molecular complexity index is 566. The molecule has 1 heterocycles. The first-order valence-electron chi connectivity index (χ1n) is 7.10. The number of nitrogens with one attached hydrogen (secondary N) is 1. The van der Waals surface area contributed by atoms with Gasteiger partial charge in [-0.05, 0) is 36.8 Å². The first-order valence-corrected chi connectivity index (χ1v) is 9.91. The Morgan fingerprint density at radius 2 is 2.05 bits per heavy atom. The van der Waals surface area contributed by atoms with Gasteiger partial charge in [0.15, 0.2) is 0 Å². The molecule has 1 aliphatic rings. The number of rotatable bonds is 6. The maximum absolute atomic E-state index is 12.2. The number of sulfonamides is 1. The lowest BCUT2D eigenvalue weighted by Gasteiger charge is -2.35. The first kappa shape index (κ1) is 16.8. The lowest BCUT2D eigenvalue weighted by Crippen LogP contribution is -2.47. The highest BCUT2D eigenvalue weighted by molar-refractivity contribution is 7.99. The van der Waals surface area contributed by atoms with Crippen LogP contribution in [0.25, 0.3) is 0 Å². The molecule has 1 N–H and O–H groups in total. The van der Waals surface area contributed by atoms with Crippen LogP contribution in [-0.2, 0) is 20.5 Å². The summed E-state index contributed by atoms with van der Waals surface area (Å²) >= 11 is 1.89. The molecule has 1 saturated heterocycles. The molecule has 0 amide bonds. The second-order valence-electron chi connectivity index (χ2n) is 5.57. The number of thioether (sulfide) groups is 1. The molecule has 0 radical (unpaired) electrons. The third-order valence-corrected chi connectivity index (χ3v) is 6.17. The third kappa shape index (κ3) is 4.98. The SMILES string of the molecule is COC1(CNS(=O)(=O)Cc2cccc(C)c2)CCSCC1. The van der Waals surface area contributed by atoms with Crippen molar-refractivity contribution in [3.63, 3.8) is 0 Å². The van der Waals surface area contributed by atoms with E-state index in [9.17, 15) is 8.42 Å². The molecular formula is C15H23NO3S2. The van der Waals surface area contributed by atoms with Crippen molar-refractivity contribution in [1.82, 2.24) is 4.72 Å². The topological polar surface area (TPSA) is 55.4 Å². The van der Waals surface area contributed by atoms with Crippen LogP contribution in [0.3, 0.4) is 0 Å². The van der Waals surface area contributed by atoms with Crippen LogP contribution in [0.4, 0.5) is 0 Å². The fourth-order valence-corrected chi connectivity index (χ4v) is 4.95. The van der Waals surface area contributed by atoms with Crippen molar-refractivity contribution >= 4 is 21.8 Å². The van der Waals surface area contributed by atoms with E-state index in [-0.39, 0.29) is 11.4 Å². The van der Waals surface area contributed by atoms with E-state index in [1.54, 1.807) is 7.11 Å². The number of benzene rings is 1. The maximum Gasteiger partial charge on any atom is 0.215 e. The highest BCUT2D eigenvalue weighted by atomic mass is 32.2. The van der Waals surface area contributed by atoms with Crippen LogP contribution in [0.5, 0.6) is 0 Å². The molecule has 21 heavy (non-hydrogen) atoms. The van der Waals surface area contributed by atoms with Crippen LogP contribution in [0.1, 0.15) is 24.0 Å². The fraction of sp³-hybridized carbons (Fsp3) is 0.600. The van der Waals surface area contributed by atoms with Crippen LogP contribution in [0.2, 0.25) is 0 Å². The molecule has 2 rings (SSSR count). The zero-order valence-corrected chi connectivity index (χ0v) is 14.2. The summed E-state index contributed by atoms with van der Waals surface area (Å²) in [5.41, 5.74) is 1.54. The summed E-state index contributed by atoms with van der Waals surface area (Å²) in [6.07, 6.45) is 1.78. The van der Waals surface area contributed by atoms with Gasteiger partial charge < -0.3 is 4.74 Å². The smallest absolute Gasteiger partial charge is 0.215 e. The molecule has 1 aromatic carbocycles. The van der Waals surface area contributed by atoms with Crippen molar-refractivity contribution in [2.75, 3.05) is 25.2 Å². The minimum absolute atomic E-state index is 0.0171. The van der Waals surface area contributed by atoms with Crippen LogP contribution < -0.4 is 4.72 Å². The Labute approximate surface area is 131 Å². The van der Waals surface area contributed by atoms with Gasteiger partial charge >= 0.3 is 0 Å². The summed E-state index contributed by atoms with van der Waals surface area (Å²) in [5.74, 6) is 2.06. The van der Waals surface area contributed by atoms with E-state index in [0.717, 1.165) is 35.5 Å². The van der Waals surface area contributed by atoms with Crippen molar-refractivity contribution in [3.8, 4) is 0 Å². The predicted octanol–water partition coefficient (Wildman–Crippen LogP) is 2.33. The highest BCUT2D eigenvalue weighted by Crippen LogP contribution is 2.29. The van der Waals surface area contributed by atoms with Crippen LogP contribution in [0.15, 0.2) is 24.3 Å². The number of aryl methyl sites for hydroxylation is 1. The van der Waals surface area contributed by atoms with Crippen molar-refractivity contribution in [3.05, 3.63) is 35.4 Å². The zero-order valence-electron chi connectivity index (χ0n) is 12.6. The largest absolute Gasteiger partial charge is 0.377 e. The van der Waals surface area contributed by atoms with E-state index in [4.69, 9.17) is 4.74 Å². The summed E-state index contributed by atoms with van der Waals surface area (Å²) < 4.78 is 32.8. The summed E-state index contributed by atoms with van der Waals surface area (Å²) in [6, 6.07) is 7.59. The Balaban J connectivity index is 1.97.